The minimum absolute atomic E-state index is 0.205. The minimum Gasteiger partial charge on any atom is -0.457 e. The van der Waals surface area contributed by atoms with E-state index in [1.807, 2.05) is 0 Å². The van der Waals surface area contributed by atoms with Crippen molar-refractivity contribution in [1.82, 2.24) is 16.2 Å². The van der Waals surface area contributed by atoms with Gasteiger partial charge in [-0.15, -0.1) is 0 Å². The molecule has 1 amide bonds. The molecule has 2 aromatic carbocycles. The van der Waals surface area contributed by atoms with E-state index in [9.17, 15) is 13.6 Å². The van der Waals surface area contributed by atoms with Crippen LogP contribution in [0.2, 0.25) is 0 Å². The molecule has 8 heteroatoms. The number of furan rings is 1. The van der Waals surface area contributed by atoms with Gasteiger partial charge in [-0.05, 0) is 60.3 Å². The van der Waals surface area contributed by atoms with Gasteiger partial charge in [-0.2, -0.15) is 0 Å². The molecule has 1 aromatic heterocycles. The van der Waals surface area contributed by atoms with Gasteiger partial charge in [0, 0.05) is 12.6 Å². The minimum atomic E-state index is -0.459. The van der Waals surface area contributed by atoms with Crippen LogP contribution < -0.4 is 16.2 Å². The van der Waals surface area contributed by atoms with E-state index < -0.39 is 5.91 Å². The topological polar surface area (TPSA) is 66.3 Å². The molecule has 0 spiro atoms. The average molecular weight is 413 g/mol. The molecule has 0 atom stereocenters. The molecule has 0 saturated carbocycles. The lowest BCUT2D eigenvalue weighted by Gasteiger charge is -2.10. The van der Waals surface area contributed by atoms with Gasteiger partial charge in [0.25, 0.3) is 5.91 Å². The van der Waals surface area contributed by atoms with Crippen LogP contribution in [0.15, 0.2) is 71.2 Å². The second-order valence-electron chi connectivity index (χ2n) is 5.94. The Labute approximate surface area is 171 Å². The van der Waals surface area contributed by atoms with E-state index >= 15 is 0 Å². The number of hydrazine groups is 1. The Morgan fingerprint density at radius 3 is 2.52 bits per heavy atom. The largest absolute Gasteiger partial charge is 0.457 e. The third-order valence-electron chi connectivity index (χ3n) is 3.83. The fourth-order valence-electron chi connectivity index (χ4n) is 2.39. The molecule has 29 heavy (non-hydrogen) atoms. The van der Waals surface area contributed by atoms with Crippen molar-refractivity contribution in [3.8, 4) is 11.3 Å². The number of hydrogen-bond donors (Lipinski definition) is 3. The maximum Gasteiger partial charge on any atom is 0.262 e. The summed E-state index contributed by atoms with van der Waals surface area (Å²) in [6.45, 7) is 0.378. The van der Waals surface area contributed by atoms with Crippen molar-refractivity contribution < 1.29 is 18.0 Å². The van der Waals surface area contributed by atoms with Gasteiger partial charge in [0.05, 0.1) is 5.56 Å². The van der Waals surface area contributed by atoms with Gasteiger partial charge in [0.2, 0.25) is 0 Å². The summed E-state index contributed by atoms with van der Waals surface area (Å²) >= 11 is 5.06. The number of carbonyl (C=O) groups is 1. The van der Waals surface area contributed by atoms with Crippen LogP contribution in [-0.4, -0.2) is 11.0 Å². The number of nitrogens with one attached hydrogen (secondary N) is 3. The van der Waals surface area contributed by atoms with Crippen LogP contribution in [-0.2, 0) is 11.3 Å². The summed E-state index contributed by atoms with van der Waals surface area (Å²) in [7, 11) is 0. The number of hydrogen-bond acceptors (Lipinski definition) is 3. The van der Waals surface area contributed by atoms with E-state index in [4.69, 9.17) is 16.6 Å². The summed E-state index contributed by atoms with van der Waals surface area (Å²) in [6, 6.07) is 15.5. The highest BCUT2D eigenvalue weighted by Gasteiger charge is 2.08. The van der Waals surface area contributed by atoms with Gasteiger partial charge in [-0.1, -0.05) is 24.3 Å². The van der Waals surface area contributed by atoms with Crippen LogP contribution in [0, 0.1) is 11.6 Å². The molecular formula is C21H17F2N3O2S. The molecule has 0 unspecified atom stereocenters. The smallest absolute Gasteiger partial charge is 0.262 e. The first-order valence-corrected chi connectivity index (χ1v) is 9.03. The normalized spacial score (nSPS) is 10.7. The molecule has 3 rings (SSSR count). The molecule has 5 nitrogen and oxygen atoms in total. The van der Waals surface area contributed by atoms with Crippen LogP contribution in [0.3, 0.4) is 0 Å². The maximum absolute atomic E-state index is 13.8. The van der Waals surface area contributed by atoms with Gasteiger partial charge in [-0.3, -0.25) is 15.6 Å². The lowest BCUT2D eigenvalue weighted by Crippen LogP contribution is -2.45. The van der Waals surface area contributed by atoms with Crippen molar-refractivity contribution in [2.75, 3.05) is 0 Å². The third-order valence-corrected chi connectivity index (χ3v) is 4.08. The fraction of sp³-hybridized carbons (Fsp3) is 0.0476. The molecule has 0 aliphatic heterocycles. The Morgan fingerprint density at radius 1 is 1.00 bits per heavy atom. The molecule has 0 saturated heterocycles. The molecule has 0 radical (unpaired) electrons. The van der Waals surface area contributed by atoms with E-state index in [2.05, 4.69) is 16.2 Å². The Hall–Kier alpha value is -3.52. The van der Waals surface area contributed by atoms with Crippen LogP contribution in [0.25, 0.3) is 17.4 Å². The molecule has 3 aromatic rings. The highest BCUT2D eigenvalue weighted by atomic mass is 32.1. The summed E-state index contributed by atoms with van der Waals surface area (Å²) in [4.78, 5) is 11.9. The van der Waals surface area contributed by atoms with Gasteiger partial charge in [-0.25, -0.2) is 8.78 Å². The quantitative estimate of drug-likeness (QED) is 0.336. The van der Waals surface area contributed by atoms with Crippen LogP contribution in [0.5, 0.6) is 0 Å². The summed E-state index contributed by atoms with van der Waals surface area (Å²) in [6.07, 6.45) is 2.70. The van der Waals surface area contributed by atoms with Gasteiger partial charge < -0.3 is 9.73 Å². The Balaban J connectivity index is 1.45. The highest BCUT2D eigenvalue weighted by Crippen LogP contribution is 2.25. The van der Waals surface area contributed by atoms with Crippen LogP contribution in [0.4, 0.5) is 8.78 Å². The lowest BCUT2D eigenvalue weighted by atomic mass is 10.1. The molecular weight excluding hydrogens is 396 g/mol. The van der Waals surface area contributed by atoms with Crippen molar-refractivity contribution in [3.05, 3.63) is 89.7 Å². The van der Waals surface area contributed by atoms with E-state index in [-0.39, 0.29) is 16.7 Å². The molecule has 1 heterocycles. The standard InChI is InChI=1S/C21H17F2N3O2S/c22-15-7-5-14(6-8-15)13-24-21(29)26-25-20(27)12-10-16-9-11-19(28-16)17-3-1-2-4-18(17)23/h1-12H,13H2,(H,25,27)(H2,24,26,29)/b12-10+. The van der Waals surface area contributed by atoms with Crippen LogP contribution >= 0.6 is 12.2 Å². The van der Waals surface area contributed by atoms with E-state index in [0.717, 1.165) is 5.56 Å². The zero-order valence-corrected chi connectivity index (χ0v) is 15.9. The number of rotatable bonds is 5. The number of benzene rings is 2. The van der Waals surface area contributed by atoms with Crippen LogP contribution in [0.1, 0.15) is 11.3 Å². The first kappa shape index (κ1) is 20.2. The number of carbonyl (C=O) groups excluding carboxylic acids is 1. The monoisotopic (exact) mass is 413 g/mol. The lowest BCUT2D eigenvalue weighted by molar-refractivity contribution is -0.116. The van der Waals surface area contributed by atoms with Gasteiger partial charge >= 0.3 is 0 Å². The maximum atomic E-state index is 13.8. The number of halogens is 2. The Kier molecular flexibility index (Phi) is 6.70. The second-order valence-corrected chi connectivity index (χ2v) is 6.35. The summed E-state index contributed by atoms with van der Waals surface area (Å²) in [5.41, 5.74) is 6.14. The SMILES string of the molecule is O=C(/C=C/c1ccc(-c2ccccc2F)o1)NNC(=S)NCc1ccc(F)cc1. The predicted molar refractivity (Wildman–Crippen MR) is 110 cm³/mol. The Morgan fingerprint density at radius 2 is 1.76 bits per heavy atom. The first-order valence-electron chi connectivity index (χ1n) is 8.62. The van der Waals surface area contributed by atoms with Gasteiger partial charge in [0.1, 0.15) is 23.2 Å². The number of amides is 1. The fourth-order valence-corrected chi connectivity index (χ4v) is 2.52. The van der Waals surface area contributed by atoms with Crippen molar-refractivity contribution in [3.63, 3.8) is 0 Å². The highest BCUT2D eigenvalue weighted by molar-refractivity contribution is 7.80. The zero-order chi connectivity index (χ0) is 20.6. The number of thiocarbonyl (C=S) groups is 1. The molecule has 148 valence electrons. The predicted octanol–water partition coefficient (Wildman–Crippen LogP) is 3.93. The molecule has 0 aliphatic rings. The summed E-state index contributed by atoms with van der Waals surface area (Å²) in [5.74, 6) is -0.394. The van der Waals surface area contributed by atoms with Crippen molar-refractivity contribution in [1.29, 1.82) is 0 Å². The van der Waals surface area contributed by atoms with E-state index in [1.54, 1.807) is 42.5 Å². The Bertz CT molecular complexity index is 1030. The van der Waals surface area contributed by atoms with Crippen molar-refractivity contribution >= 4 is 29.3 Å². The zero-order valence-electron chi connectivity index (χ0n) is 15.1. The molecule has 3 N–H and O–H groups in total. The molecule has 0 aliphatic carbocycles. The molecule has 0 bridgehead atoms. The first-order chi connectivity index (χ1) is 14.0. The van der Waals surface area contributed by atoms with Crippen molar-refractivity contribution in [2.24, 2.45) is 0 Å². The van der Waals surface area contributed by atoms with E-state index in [1.165, 1.54) is 30.4 Å². The summed E-state index contributed by atoms with van der Waals surface area (Å²) < 4.78 is 32.2. The van der Waals surface area contributed by atoms with E-state index in [0.29, 0.717) is 23.6 Å². The third kappa shape index (κ3) is 5.98. The summed E-state index contributed by atoms with van der Waals surface area (Å²) in [5, 5.41) is 3.08. The molecule has 0 fully saturated rings. The van der Waals surface area contributed by atoms with Gasteiger partial charge in [0.15, 0.2) is 5.11 Å². The average Bonchev–Trinajstić information content (AvgIpc) is 3.19. The van der Waals surface area contributed by atoms with Crippen molar-refractivity contribution in [2.45, 2.75) is 6.54 Å². The second kappa shape index (κ2) is 9.61.